The molecule has 0 atom stereocenters. The van der Waals surface area contributed by atoms with Crippen molar-refractivity contribution in [2.45, 2.75) is 26.2 Å². The van der Waals surface area contributed by atoms with Crippen LogP contribution in [0.3, 0.4) is 0 Å². The molecule has 2 aromatic heterocycles. The first-order valence-electron chi connectivity index (χ1n) is 11.2. The minimum atomic E-state index is -0.338. The number of fused-ring (bicyclic) bond motifs is 1. The van der Waals surface area contributed by atoms with Gasteiger partial charge in [-0.3, -0.25) is 9.89 Å². The number of hydrogen-bond acceptors (Lipinski definition) is 5. The number of hydrogen-bond donors (Lipinski definition) is 2. The number of carbonyl (C=O) groups is 1. The fraction of sp³-hybridized carbons (Fsp3) is 0.269. The third kappa shape index (κ3) is 4.71. The number of aromatic nitrogens is 3. The van der Waals surface area contributed by atoms with E-state index in [2.05, 4.69) is 22.4 Å². The van der Waals surface area contributed by atoms with Crippen LogP contribution in [-0.2, 0) is 0 Å². The average molecular weight is 463 g/mol. The summed E-state index contributed by atoms with van der Waals surface area (Å²) >= 11 is 0. The molecule has 0 aliphatic rings. The molecule has 2 N–H and O–H groups in total. The zero-order chi connectivity index (χ0) is 24.1. The van der Waals surface area contributed by atoms with Crippen LogP contribution in [0, 0.1) is 5.82 Å². The number of unbranched alkanes of at least 4 members (excludes halogenated alkanes) is 2. The van der Waals surface area contributed by atoms with E-state index in [9.17, 15) is 9.18 Å². The highest BCUT2D eigenvalue weighted by Gasteiger charge is 2.21. The Morgan fingerprint density at radius 2 is 1.74 bits per heavy atom. The molecule has 176 valence electrons. The normalized spacial score (nSPS) is 10.9. The van der Waals surface area contributed by atoms with Crippen molar-refractivity contribution in [1.29, 1.82) is 0 Å². The van der Waals surface area contributed by atoms with Crippen LogP contribution in [-0.4, -0.2) is 41.9 Å². The van der Waals surface area contributed by atoms with Gasteiger partial charge in [0.2, 0.25) is 0 Å². The number of carbonyl (C=O) groups excluding carboxylic acids is 1. The van der Waals surface area contributed by atoms with Gasteiger partial charge in [-0.15, -0.1) is 0 Å². The first-order chi connectivity index (χ1) is 16.5. The topological polar surface area (TPSA) is 89.1 Å². The molecule has 1 amide bonds. The van der Waals surface area contributed by atoms with Crippen LogP contribution in [0.15, 0.2) is 48.5 Å². The number of H-pyrrole nitrogens is 1. The van der Waals surface area contributed by atoms with E-state index in [1.165, 1.54) is 12.1 Å². The second-order valence-corrected chi connectivity index (χ2v) is 7.89. The van der Waals surface area contributed by atoms with Crippen molar-refractivity contribution in [1.82, 2.24) is 20.5 Å². The Labute approximate surface area is 197 Å². The Hall–Kier alpha value is -3.94. The zero-order valence-electron chi connectivity index (χ0n) is 19.4. The van der Waals surface area contributed by atoms with Crippen molar-refractivity contribution < 1.29 is 18.7 Å². The van der Waals surface area contributed by atoms with Crippen molar-refractivity contribution >= 4 is 16.9 Å². The molecule has 0 fully saturated rings. The van der Waals surface area contributed by atoms with Crippen molar-refractivity contribution in [3.8, 4) is 34.0 Å². The Morgan fingerprint density at radius 3 is 2.44 bits per heavy atom. The summed E-state index contributed by atoms with van der Waals surface area (Å²) in [4.78, 5) is 18.0. The van der Waals surface area contributed by atoms with E-state index in [1.807, 2.05) is 12.1 Å². The van der Waals surface area contributed by atoms with Gasteiger partial charge in [-0.05, 0) is 55.0 Å². The van der Waals surface area contributed by atoms with E-state index in [0.29, 0.717) is 51.6 Å². The number of benzene rings is 2. The van der Waals surface area contributed by atoms with Gasteiger partial charge in [0.1, 0.15) is 5.82 Å². The molecule has 0 aliphatic carbocycles. The molecule has 34 heavy (non-hydrogen) atoms. The molecule has 4 aromatic rings. The maximum atomic E-state index is 13.5. The van der Waals surface area contributed by atoms with Crippen molar-refractivity contribution in [2.24, 2.45) is 0 Å². The lowest BCUT2D eigenvalue weighted by Crippen LogP contribution is -2.24. The summed E-state index contributed by atoms with van der Waals surface area (Å²) in [5.74, 6) is 0.603. The van der Waals surface area contributed by atoms with Crippen LogP contribution in [0.25, 0.3) is 33.5 Å². The minimum Gasteiger partial charge on any atom is -0.493 e. The second kappa shape index (κ2) is 10.3. The van der Waals surface area contributed by atoms with E-state index < -0.39 is 0 Å². The van der Waals surface area contributed by atoms with Gasteiger partial charge in [0.05, 0.1) is 36.6 Å². The first kappa shape index (κ1) is 23.2. The third-order valence-corrected chi connectivity index (χ3v) is 5.65. The lowest BCUT2D eigenvalue weighted by Gasteiger charge is -2.12. The van der Waals surface area contributed by atoms with Gasteiger partial charge in [-0.1, -0.05) is 19.8 Å². The number of methoxy groups -OCH3 is 2. The molecular weight excluding hydrogens is 435 g/mol. The van der Waals surface area contributed by atoms with Gasteiger partial charge in [0.15, 0.2) is 17.1 Å². The highest BCUT2D eigenvalue weighted by Crippen LogP contribution is 2.35. The number of pyridine rings is 1. The van der Waals surface area contributed by atoms with Gasteiger partial charge in [0, 0.05) is 17.7 Å². The molecule has 8 heteroatoms. The van der Waals surface area contributed by atoms with Gasteiger partial charge >= 0.3 is 0 Å². The molecule has 4 rings (SSSR count). The number of nitrogens with zero attached hydrogens (tertiary/aromatic N) is 2. The first-order valence-corrected chi connectivity index (χ1v) is 11.2. The van der Waals surface area contributed by atoms with Gasteiger partial charge in [-0.2, -0.15) is 5.10 Å². The summed E-state index contributed by atoms with van der Waals surface area (Å²) in [5.41, 5.74) is 3.49. The van der Waals surface area contributed by atoms with E-state index in [4.69, 9.17) is 14.5 Å². The third-order valence-electron chi connectivity index (χ3n) is 5.65. The lowest BCUT2D eigenvalue weighted by atomic mass is 10.0. The Kier molecular flexibility index (Phi) is 7.06. The average Bonchev–Trinajstić information content (AvgIpc) is 3.30. The smallest absolute Gasteiger partial charge is 0.252 e. The maximum Gasteiger partial charge on any atom is 0.252 e. The van der Waals surface area contributed by atoms with Crippen molar-refractivity contribution in [2.75, 3.05) is 20.8 Å². The molecule has 0 saturated heterocycles. The molecule has 0 saturated carbocycles. The van der Waals surface area contributed by atoms with E-state index >= 15 is 0 Å². The molecule has 7 nitrogen and oxygen atoms in total. The van der Waals surface area contributed by atoms with Crippen LogP contribution in [0.2, 0.25) is 0 Å². The predicted octanol–water partition coefficient (Wildman–Crippen LogP) is 5.37. The molecule has 0 bridgehead atoms. The number of nitrogens with one attached hydrogen (secondary N) is 2. The lowest BCUT2D eigenvalue weighted by molar-refractivity contribution is 0.0954. The summed E-state index contributed by atoms with van der Waals surface area (Å²) in [7, 11) is 3.14. The van der Waals surface area contributed by atoms with Crippen LogP contribution in [0.4, 0.5) is 4.39 Å². The summed E-state index contributed by atoms with van der Waals surface area (Å²) in [6.45, 7) is 2.69. The quantitative estimate of drug-likeness (QED) is 0.327. The number of amides is 1. The van der Waals surface area contributed by atoms with E-state index in [1.54, 1.807) is 38.5 Å². The van der Waals surface area contributed by atoms with Crippen LogP contribution in [0.1, 0.15) is 36.5 Å². The number of aromatic amines is 1. The SMILES string of the molecule is CCCCCNC(=O)c1cc(-c2ccc(OC)c(OC)c2)nc2n[nH]c(-c3ccc(F)cc3)c12. The van der Waals surface area contributed by atoms with E-state index in [0.717, 1.165) is 24.8 Å². The second-order valence-electron chi connectivity index (χ2n) is 7.89. The minimum absolute atomic E-state index is 0.213. The van der Waals surface area contributed by atoms with Crippen molar-refractivity contribution in [3.63, 3.8) is 0 Å². The molecule has 0 aliphatic heterocycles. The Morgan fingerprint density at radius 1 is 1.00 bits per heavy atom. The van der Waals surface area contributed by atoms with Crippen LogP contribution < -0.4 is 14.8 Å². The van der Waals surface area contributed by atoms with Gasteiger partial charge in [-0.25, -0.2) is 9.37 Å². The van der Waals surface area contributed by atoms with Gasteiger partial charge in [0.25, 0.3) is 5.91 Å². The maximum absolute atomic E-state index is 13.5. The highest BCUT2D eigenvalue weighted by atomic mass is 19.1. The summed E-state index contributed by atoms with van der Waals surface area (Å²) in [6.07, 6.45) is 3.00. The van der Waals surface area contributed by atoms with E-state index in [-0.39, 0.29) is 11.7 Å². The molecule has 0 radical (unpaired) electrons. The fourth-order valence-electron chi connectivity index (χ4n) is 3.84. The number of halogens is 1. The molecule has 2 heterocycles. The monoisotopic (exact) mass is 462 g/mol. The number of ether oxygens (including phenoxy) is 2. The van der Waals surface area contributed by atoms with Crippen LogP contribution in [0.5, 0.6) is 11.5 Å². The molecule has 0 spiro atoms. The highest BCUT2D eigenvalue weighted by molar-refractivity contribution is 6.11. The zero-order valence-corrected chi connectivity index (χ0v) is 19.4. The Bertz CT molecular complexity index is 1300. The standard InChI is InChI=1S/C26H27FN4O3/c1-4-5-6-13-28-26(32)19-15-20(17-9-12-21(33-2)22(14-17)34-3)29-25-23(19)24(30-31-25)16-7-10-18(27)11-8-16/h7-12,14-15H,4-6,13H2,1-3H3,(H,28,32)(H,29,30,31). The van der Waals surface area contributed by atoms with Crippen LogP contribution >= 0.6 is 0 Å². The Balaban J connectivity index is 1.83. The molecular formula is C26H27FN4O3. The fourth-order valence-corrected chi connectivity index (χ4v) is 3.84. The molecule has 2 aromatic carbocycles. The molecule has 0 unspecified atom stereocenters. The largest absolute Gasteiger partial charge is 0.493 e. The van der Waals surface area contributed by atoms with Gasteiger partial charge < -0.3 is 14.8 Å². The predicted molar refractivity (Wildman–Crippen MR) is 130 cm³/mol. The van der Waals surface area contributed by atoms with Crippen molar-refractivity contribution in [3.05, 3.63) is 59.9 Å². The summed E-state index contributed by atoms with van der Waals surface area (Å²) in [5, 5.41) is 10.9. The summed E-state index contributed by atoms with van der Waals surface area (Å²) in [6, 6.07) is 13.2. The number of rotatable bonds is 9. The summed E-state index contributed by atoms with van der Waals surface area (Å²) < 4.78 is 24.2.